The fourth-order valence-corrected chi connectivity index (χ4v) is 2.39. The fourth-order valence-electron chi connectivity index (χ4n) is 2.01. The first-order valence-electron chi connectivity index (χ1n) is 6.85. The number of rotatable bonds is 5. The normalized spacial score (nSPS) is 15.6. The van der Waals surface area contributed by atoms with E-state index in [2.05, 4.69) is 26.6 Å². The van der Waals surface area contributed by atoms with Crippen LogP contribution in [0.5, 0.6) is 0 Å². The van der Waals surface area contributed by atoms with E-state index in [0.717, 1.165) is 16.5 Å². The molecule has 0 aliphatic heterocycles. The van der Waals surface area contributed by atoms with E-state index >= 15 is 0 Å². The van der Waals surface area contributed by atoms with Crippen LogP contribution in [-0.2, 0) is 9.59 Å². The van der Waals surface area contributed by atoms with Gasteiger partial charge in [0.2, 0.25) is 11.8 Å². The van der Waals surface area contributed by atoms with Gasteiger partial charge in [0.15, 0.2) is 0 Å². The summed E-state index contributed by atoms with van der Waals surface area (Å²) in [5.41, 5.74) is 0.957. The highest BCUT2D eigenvalue weighted by molar-refractivity contribution is 9.10. The number of benzene rings is 1. The largest absolute Gasteiger partial charge is 0.355 e. The number of carbonyl (C=O) groups excluding carboxylic acids is 2. The Bertz CT molecular complexity index is 539. The van der Waals surface area contributed by atoms with Crippen molar-refractivity contribution < 1.29 is 9.59 Å². The summed E-state index contributed by atoms with van der Waals surface area (Å²) in [5.74, 6) is -0.357. The first kappa shape index (κ1) is 15.0. The second-order valence-electron chi connectivity index (χ2n) is 5.26. The Labute approximate surface area is 127 Å². The van der Waals surface area contributed by atoms with E-state index in [1.165, 1.54) is 0 Å². The maximum atomic E-state index is 12.3. The molecule has 4 nitrogen and oxygen atoms in total. The van der Waals surface area contributed by atoms with E-state index in [0.29, 0.717) is 25.1 Å². The zero-order valence-corrected chi connectivity index (χ0v) is 13.3. The number of carbonyl (C=O) groups is 2. The Morgan fingerprint density at radius 3 is 2.55 bits per heavy atom. The topological polar surface area (TPSA) is 58.2 Å². The molecular formula is C15H19BrN2O2. The lowest BCUT2D eigenvalue weighted by Crippen LogP contribution is -2.40. The SMILES string of the molecule is CCCNC(=O)C1(C(=O)Nc2ccc(C)c(Br)c2)CC1. The first-order valence-corrected chi connectivity index (χ1v) is 7.65. The number of amides is 2. The second-order valence-corrected chi connectivity index (χ2v) is 6.11. The van der Waals surface area contributed by atoms with Crippen LogP contribution in [0.1, 0.15) is 31.7 Å². The molecule has 1 aliphatic rings. The van der Waals surface area contributed by atoms with Crippen molar-refractivity contribution in [3.8, 4) is 0 Å². The van der Waals surface area contributed by atoms with Crippen LogP contribution in [0, 0.1) is 12.3 Å². The minimum Gasteiger partial charge on any atom is -0.355 e. The van der Waals surface area contributed by atoms with Crippen LogP contribution < -0.4 is 10.6 Å². The minimum atomic E-state index is -0.855. The summed E-state index contributed by atoms with van der Waals surface area (Å²) in [5, 5.41) is 5.65. The molecule has 1 fully saturated rings. The molecule has 0 bridgehead atoms. The maximum Gasteiger partial charge on any atom is 0.240 e. The van der Waals surface area contributed by atoms with Crippen molar-refractivity contribution in [2.24, 2.45) is 5.41 Å². The lowest BCUT2D eigenvalue weighted by atomic mass is 10.0. The van der Waals surface area contributed by atoms with Crippen LogP contribution in [0.3, 0.4) is 0 Å². The second kappa shape index (κ2) is 5.95. The molecule has 0 atom stereocenters. The summed E-state index contributed by atoms with van der Waals surface area (Å²) in [6, 6.07) is 5.63. The molecule has 0 saturated heterocycles. The molecule has 2 rings (SSSR count). The van der Waals surface area contributed by atoms with Crippen LogP contribution in [0.25, 0.3) is 0 Å². The predicted octanol–water partition coefficient (Wildman–Crippen LogP) is 3.00. The van der Waals surface area contributed by atoms with Crippen LogP contribution in [-0.4, -0.2) is 18.4 Å². The summed E-state index contributed by atoms with van der Waals surface area (Å²) < 4.78 is 0.940. The number of hydrogen-bond donors (Lipinski definition) is 2. The summed E-state index contributed by atoms with van der Waals surface area (Å²) in [6.07, 6.45) is 2.12. The van der Waals surface area contributed by atoms with Crippen molar-refractivity contribution in [3.05, 3.63) is 28.2 Å². The first-order chi connectivity index (χ1) is 9.49. The summed E-state index contributed by atoms with van der Waals surface area (Å²) >= 11 is 3.43. The van der Waals surface area contributed by atoms with Crippen LogP contribution in [0.2, 0.25) is 0 Å². The van der Waals surface area contributed by atoms with Gasteiger partial charge in [-0.2, -0.15) is 0 Å². The highest BCUT2D eigenvalue weighted by Crippen LogP contribution is 2.46. The molecule has 5 heteroatoms. The van der Waals surface area contributed by atoms with Gasteiger partial charge < -0.3 is 10.6 Å². The molecule has 0 aromatic heterocycles. The highest BCUT2D eigenvalue weighted by Gasteiger charge is 2.56. The monoisotopic (exact) mass is 338 g/mol. The zero-order valence-electron chi connectivity index (χ0n) is 11.8. The lowest BCUT2D eigenvalue weighted by molar-refractivity contribution is -0.134. The summed E-state index contributed by atoms with van der Waals surface area (Å²) in [4.78, 5) is 24.4. The Morgan fingerprint density at radius 1 is 1.30 bits per heavy atom. The van der Waals surface area contributed by atoms with Gasteiger partial charge in [0.05, 0.1) is 0 Å². The quantitative estimate of drug-likeness (QED) is 0.811. The van der Waals surface area contributed by atoms with Gasteiger partial charge in [0.25, 0.3) is 0 Å². The highest BCUT2D eigenvalue weighted by atomic mass is 79.9. The van der Waals surface area contributed by atoms with Gasteiger partial charge in [-0.1, -0.05) is 28.9 Å². The summed E-state index contributed by atoms with van der Waals surface area (Å²) in [7, 11) is 0. The molecule has 2 amide bonds. The standard InChI is InChI=1S/C15H19BrN2O2/c1-3-8-17-13(19)15(6-7-15)14(20)18-11-5-4-10(2)12(16)9-11/h4-5,9H,3,6-8H2,1-2H3,(H,17,19)(H,18,20). The van der Waals surface area contributed by atoms with E-state index < -0.39 is 5.41 Å². The van der Waals surface area contributed by atoms with Crippen molar-refractivity contribution in [1.82, 2.24) is 5.32 Å². The minimum absolute atomic E-state index is 0.150. The number of aryl methyl sites for hydroxylation is 1. The molecule has 108 valence electrons. The van der Waals surface area contributed by atoms with Crippen molar-refractivity contribution in [1.29, 1.82) is 0 Å². The van der Waals surface area contributed by atoms with Gasteiger partial charge in [-0.3, -0.25) is 9.59 Å². The van der Waals surface area contributed by atoms with Gasteiger partial charge >= 0.3 is 0 Å². The van der Waals surface area contributed by atoms with Gasteiger partial charge in [-0.25, -0.2) is 0 Å². The molecule has 0 radical (unpaired) electrons. The van der Waals surface area contributed by atoms with Crippen LogP contribution >= 0.6 is 15.9 Å². The van der Waals surface area contributed by atoms with Crippen LogP contribution in [0.15, 0.2) is 22.7 Å². The third-order valence-corrected chi connectivity index (χ3v) is 4.44. The summed E-state index contributed by atoms with van der Waals surface area (Å²) in [6.45, 7) is 4.59. The molecule has 2 N–H and O–H groups in total. The predicted molar refractivity (Wildman–Crippen MR) is 82.5 cm³/mol. The fraction of sp³-hybridized carbons (Fsp3) is 0.467. The molecule has 0 heterocycles. The van der Waals surface area contributed by atoms with E-state index in [9.17, 15) is 9.59 Å². The third-order valence-electron chi connectivity index (χ3n) is 3.58. The Kier molecular flexibility index (Phi) is 4.48. The number of anilines is 1. The maximum absolute atomic E-state index is 12.3. The van der Waals surface area contributed by atoms with Crippen molar-refractivity contribution in [2.45, 2.75) is 33.1 Å². The number of nitrogens with one attached hydrogen (secondary N) is 2. The van der Waals surface area contributed by atoms with Crippen molar-refractivity contribution in [2.75, 3.05) is 11.9 Å². The van der Waals surface area contributed by atoms with Gasteiger partial charge in [0, 0.05) is 16.7 Å². The Balaban J connectivity index is 2.04. The van der Waals surface area contributed by atoms with Gasteiger partial charge in [-0.15, -0.1) is 0 Å². The molecule has 1 saturated carbocycles. The number of hydrogen-bond acceptors (Lipinski definition) is 2. The number of halogens is 1. The van der Waals surface area contributed by atoms with E-state index in [1.54, 1.807) is 0 Å². The third kappa shape index (κ3) is 3.03. The zero-order chi connectivity index (χ0) is 14.8. The van der Waals surface area contributed by atoms with Gasteiger partial charge in [-0.05, 0) is 43.9 Å². The van der Waals surface area contributed by atoms with Crippen molar-refractivity contribution in [3.63, 3.8) is 0 Å². The van der Waals surface area contributed by atoms with Gasteiger partial charge in [0.1, 0.15) is 5.41 Å². The average molecular weight is 339 g/mol. The molecule has 1 aromatic rings. The molecule has 20 heavy (non-hydrogen) atoms. The molecule has 1 aliphatic carbocycles. The van der Waals surface area contributed by atoms with E-state index in [-0.39, 0.29) is 11.8 Å². The Morgan fingerprint density at radius 2 is 2.00 bits per heavy atom. The average Bonchev–Trinajstić information content (AvgIpc) is 3.22. The van der Waals surface area contributed by atoms with E-state index in [4.69, 9.17) is 0 Å². The molecular weight excluding hydrogens is 320 g/mol. The van der Waals surface area contributed by atoms with E-state index in [1.807, 2.05) is 32.0 Å². The molecule has 0 spiro atoms. The molecule has 0 unspecified atom stereocenters. The lowest BCUT2D eigenvalue weighted by Gasteiger charge is -2.15. The molecule has 1 aromatic carbocycles. The smallest absolute Gasteiger partial charge is 0.240 e. The Hall–Kier alpha value is -1.36. The van der Waals surface area contributed by atoms with Crippen molar-refractivity contribution >= 4 is 33.4 Å². The van der Waals surface area contributed by atoms with Crippen LogP contribution in [0.4, 0.5) is 5.69 Å².